The maximum atomic E-state index is 13.1. The number of anilines is 1. The number of aromatic amines is 1. The van der Waals surface area contributed by atoms with Crippen LogP contribution in [0.25, 0.3) is 10.9 Å². The number of nitrogens with one attached hydrogen (secondary N) is 2. The van der Waals surface area contributed by atoms with E-state index < -0.39 is 21.8 Å². The number of pyridine rings is 1. The molecule has 1 atom stereocenters. The third-order valence-electron chi connectivity index (χ3n) is 5.20. The average Bonchev–Trinajstić information content (AvgIpc) is 2.75. The lowest BCUT2D eigenvalue weighted by molar-refractivity contribution is -0.120. The van der Waals surface area contributed by atoms with Gasteiger partial charge in [0.25, 0.3) is 0 Å². The van der Waals surface area contributed by atoms with Crippen molar-refractivity contribution < 1.29 is 17.6 Å². The molecule has 7 nitrogen and oxygen atoms in total. The van der Waals surface area contributed by atoms with Gasteiger partial charge < -0.3 is 10.3 Å². The van der Waals surface area contributed by atoms with E-state index in [9.17, 15) is 22.4 Å². The van der Waals surface area contributed by atoms with E-state index in [-0.39, 0.29) is 22.9 Å². The fourth-order valence-electron chi connectivity index (χ4n) is 3.59. The number of hydrogen-bond donors (Lipinski definition) is 2. The van der Waals surface area contributed by atoms with Crippen molar-refractivity contribution in [1.82, 2.24) is 9.29 Å². The summed E-state index contributed by atoms with van der Waals surface area (Å²) in [7, 11) is -3.80. The van der Waals surface area contributed by atoms with Crippen molar-refractivity contribution in [3.8, 4) is 0 Å². The van der Waals surface area contributed by atoms with Gasteiger partial charge in [0.15, 0.2) is 0 Å². The van der Waals surface area contributed by atoms with Crippen LogP contribution in [0.3, 0.4) is 0 Å². The lowest BCUT2D eigenvalue weighted by Gasteiger charge is -2.31. The minimum atomic E-state index is -3.80. The molecule has 0 bridgehead atoms. The van der Waals surface area contributed by atoms with Crippen LogP contribution in [0.4, 0.5) is 10.1 Å². The number of fused-ring (bicyclic) bond motifs is 1. The van der Waals surface area contributed by atoms with Gasteiger partial charge in [-0.2, -0.15) is 4.31 Å². The average molecular weight is 429 g/mol. The van der Waals surface area contributed by atoms with E-state index >= 15 is 0 Å². The Morgan fingerprint density at radius 3 is 2.63 bits per heavy atom. The van der Waals surface area contributed by atoms with Gasteiger partial charge in [-0.25, -0.2) is 12.8 Å². The van der Waals surface area contributed by atoms with Crippen LogP contribution in [0.2, 0.25) is 0 Å². The summed E-state index contributed by atoms with van der Waals surface area (Å²) in [4.78, 5) is 26.8. The van der Waals surface area contributed by atoms with Crippen LogP contribution in [0.1, 0.15) is 12.8 Å². The van der Waals surface area contributed by atoms with Crippen molar-refractivity contribution in [3.05, 3.63) is 70.8 Å². The van der Waals surface area contributed by atoms with E-state index in [0.29, 0.717) is 36.0 Å². The van der Waals surface area contributed by atoms with Gasteiger partial charge in [0.1, 0.15) is 5.82 Å². The van der Waals surface area contributed by atoms with Crippen LogP contribution in [-0.4, -0.2) is 36.7 Å². The van der Waals surface area contributed by atoms with Crippen molar-refractivity contribution in [2.45, 2.75) is 17.7 Å². The summed E-state index contributed by atoms with van der Waals surface area (Å²) >= 11 is 0. The molecule has 0 radical (unpaired) electrons. The normalized spacial score (nSPS) is 17.7. The first-order valence-corrected chi connectivity index (χ1v) is 11.0. The number of rotatable bonds is 4. The third-order valence-corrected chi connectivity index (χ3v) is 7.06. The fourth-order valence-corrected chi connectivity index (χ4v) is 5.15. The van der Waals surface area contributed by atoms with Gasteiger partial charge in [-0.1, -0.05) is 0 Å². The van der Waals surface area contributed by atoms with Crippen molar-refractivity contribution in [3.63, 3.8) is 0 Å². The number of sulfonamides is 1. The standard InChI is InChI=1S/C21H20FN3O4S/c22-16-4-6-17(7-5-16)23-21(27)15-2-1-11-25(13-15)30(28,29)18-8-9-19-14(12-18)3-10-20(26)24-19/h3-10,12,15H,1-2,11,13H2,(H,23,27)(H,24,26)/t15-/m1/s1. The smallest absolute Gasteiger partial charge is 0.248 e. The van der Waals surface area contributed by atoms with Crippen LogP contribution in [0.15, 0.2) is 64.3 Å². The van der Waals surface area contributed by atoms with Gasteiger partial charge in [0, 0.05) is 30.4 Å². The summed E-state index contributed by atoms with van der Waals surface area (Å²) in [6.07, 6.45) is 1.12. The van der Waals surface area contributed by atoms with Crippen molar-refractivity contribution in [2.24, 2.45) is 5.92 Å². The summed E-state index contributed by atoms with van der Waals surface area (Å²) in [5.74, 6) is -1.20. The fraction of sp³-hybridized carbons (Fsp3) is 0.238. The van der Waals surface area contributed by atoms with E-state index in [2.05, 4.69) is 10.3 Å². The predicted molar refractivity (Wildman–Crippen MR) is 111 cm³/mol. The molecule has 9 heteroatoms. The van der Waals surface area contributed by atoms with Gasteiger partial charge in [-0.15, -0.1) is 0 Å². The molecule has 0 unspecified atom stereocenters. The van der Waals surface area contributed by atoms with Crippen LogP contribution in [0, 0.1) is 11.7 Å². The lowest BCUT2D eigenvalue weighted by Crippen LogP contribution is -2.43. The summed E-state index contributed by atoms with van der Waals surface area (Å²) in [6, 6.07) is 12.9. The number of amides is 1. The van der Waals surface area contributed by atoms with Crippen LogP contribution < -0.4 is 10.9 Å². The molecule has 1 amide bonds. The number of aromatic nitrogens is 1. The second-order valence-electron chi connectivity index (χ2n) is 7.27. The molecule has 156 valence electrons. The minimum absolute atomic E-state index is 0.0685. The first-order chi connectivity index (χ1) is 14.3. The van der Waals surface area contributed by atoms with E-state index in [0.717, 1.165) is 0 Å². The number of H-pyrrole nitrogens is 1. The zero-order valence-corrected chi connectivity index (χ0v) is 16.8. The number of nitrogens with zero attached hydrogens (tertiary/aromatic N) is 1. The predicted octanol–water partition coefficient (Wildman–Crippen LogP) is 2.71. The number of hydrogen-bond acceptors (Lipinski definition) is 4. The van der Waals surface area contributed by atoms with E-state index in [1.54, 1.807) is 12.1 Å². The number of carbonyl (C=O) groups is 1. The SMILES string of the molecule is O=C(Nc1ccc(F)cc1)[C@@H]1CCCN(S(=O)(=O)c2ccc3[nH]c(=O)ccc3c2)C1. The van der Waals surface area contributed by atoms with Gasteiger partial charge in [0.05, 0.1) is 10.8 Å². The number of halogens is 1. The Labute approximate surface area is 172 Å². The highest BCUT2D eigenvalue weighted by Gasteiger charge is 2.33. The minimum Gasteiger partial charge on any atom is -0.326 e. The van der Waals surface area contributed by atoms with E-state index in [1.165, 1.54) is 46.8 Å². The molecule has 0 aliphatic carbocycles. The summed E-state index contributed by atoms with van der Waals surface area (Å²) in [6.45, 7) is 0.394. The topological polar surface area (TPSA) is 99.3 Å². The van der Waals surface area contributed by atoms with Crippen LogP contribution in [0.5, 0.6) is 0 Å². The molecule has 30 heavy (non-hydrogen) atoms. The van der Waals surface area contributed by atoms with Crippen molar-refractivity contribution >= 4 is 32.5 Å². The summed E-state index contributed by atoms with van der Waals surface area (Å²) < 4.78 is 40.6. The first kappa shape index (κ1) is 20.2. The highest BCUT2D eigenvalue weighted by atomic mass is 32.2. The van der Waals surface area contributed by atoms with Gasteiger partial charge in [0.2, 0.25) is 21.5 Å². The molecule has 1 fully saturated rings. The molecule has 2 heterocycles. The van der Waals surface area contributed by atoms with Gasteiger partial charge >= 0.3 is 0 Å². The quantitative estimate of drug-likeness (QED) is 0.666. The number of benzene rings is 2. The largest absolute Gasteiger partial charge is 0.326 e. The van der Waals surface area contributed by atoms with Crippen LogP contribution in [-0.2, 0) is 14.8 Å². The number of carbonyl (C=O) groups excluding carboxylic acids is 1. The molecular formula is C21H20FN3O4S. The summed E-state index contributed by atoms with van der Waals surface area (Å²) in [5, 5.41) is 3.33. The second-order valence-corrected chi connectivity index (χ2v) is 9.21. The second kappa shape index (κ2) is 8.00. The highest BCUT2D eigenvalue weighted by molar-refractivity contribution is 7.89. The Hall–Kier alpha value is -3.04. The van der Waals surface area contributed by atoms with Gasteiger partial charge in [-0.05, 0) is 66.8 Å². The Balaban J connectivity index is 1.53. The van der Waals surface area contributed by atoms with Crippen LogP contribution >= 0.6 is 0 Å². The lowest BCUT2D eigenvalue weighted by atomic mass is 9.99. The molecule has 0 saturated carbocycles. The Kier molecular flexibility index (Phi) is 5.40. The van der Waals surface area contributed by atoms with E-state index in [4.69, 9.17) is 0 Å². The monoisotopic (exact) mass is 429 g/mol. The molecule has 1 aromatic heterocycles. The zero-order valence-electron chi connectivity index (χ0n) is 16.0. The molecule has 0 spiro atoms. The molecule has 2 aromatic carbocycles. The molecule has 2 N–H and O–H groups in total. The maximum Gasteiger partial charge on any atom is 0.248 e. The first-order valence-electron chi connectivity index (χ1n) is 9.52. The Morgan fingerprint density at radius 2 is 1.87 bits per heavy atom. The highest BCUT2D eigenvalue weighted by Crippen LogP contribution is 2.26. The van der Waals surface area contributed by atoms with E-state index in [1.807, 2.05) is 0 Å². The van der Waals surface area contributed by atoms with Crippen molar-refractivity contribution in [1.29, 1.82) is 0 Å². The van der Waals surface area contributed by atoms with Gasteiger partial charge in [-0.3, -0.25) is 9.59 Å². The molecule has 1 saturated heterocycles. The van der Waals surface area contributed by atoms with Crippen molar-refractivity contribution in [2.75, 3.05) is 18.4 Å². The zero-order chi connectivity index (χ0) is 21.3. The third kappa shape index (κ3) is 4.12. The molecule has 1 aliphatic heterocycles. The molecular weight excluding hydrogens is 409 g/mol. The Bertz CT molecular complexity index is 1260. The molecule has 3 aromatic rings. The Morgan fingerprint density at radius 1 is 1.10 bits per heavy atom. The number of piperidine rings is 1. The maximum absolute atomic E-state index is 13.1. The summed E-state index contributed by atoms with van der Waals surface area (Å²) in [5.41, 5.74) is 0.755. The molecule has 1 aliphatic rings. The molecule has 4 rings (SSSR count).